The van der Waals surface area contributed by atoms with E-state index in [0.29, 0.717) is 39.5 Å². The van der Waals surface area contributed by atoms with Crippen molar-refractivity contribution in [1.29, 1.82) is 0 Å². The predicted molar refractivity (Wildman–Crippen MR) is 132 cm³/mol. The van der Waals surface area contributed by atoms with Crippen LogP contribution in [0.25, 0.3) is 33.3 Å². The molecular weight excluding hydrogens is 450 g/mol. The van der Waals surface area contributed by atoms with Crippen LogP contribution in [0.15, 0.2) is 70.5 Å². The summed E-state index contributed by atoms with van der Waals surface area (Å²) in [4.78, 5) is 34.8. The number of anilines is 1. The van der Waals surface area contributed by atoms with Crippen molar-refractivity contribution in [3.63, 3.8) is 0 Å². The summed E-state index contributed by atoms with van der Waals surface area (Å²) in [6.45, 7) is 3.63. The number of nitrogens with zero attached hydrogens (tertiary/aromatic N) is 2. The monoisotopic (exact) mass is 471 g/mol. The van der Waals surface area contributed by atoms with Gasteiger partial charge in [-0.1, -0.05) is 43.3 Å². The van der Waals surface area contributed by atoms with Crippen LogP contribution < -0.4 is 5.32 Å². The Morgan fingerprint density at radius 1 is 1.06 bits per heavy atom. The third-order valence-electron chi connectivity index (χ3n) is 5.41. The van der Waals surface area contributed by atoms with Crippen LogP contribution in [0.1, 0.15) is 29.4 Å². The maximum absolute atomic E-state index is 13.3. The Labute approximate surface area is 199 Å². The smallest absolute Gasteiger partial charge is 0.339 e. The molecule has 0 aliphatic carbocycles. The molecule has 0 aliphatic heterocycles. The van der Waals surface area contributed by atoms with E-state index in [1.807, 2.05) is 60.8 Å². The normalized spacial score (nSPS) is 12.1. The van der Waals surface area contributed by atoms with E-state index in [9.17, 15) is 9.59 Å². The number of hydrogen-bond acceptors (Lipinski definition) is 7. The Morgan fingerprint density at radius 2 is 1.85 bits per heavy atom. The zero-order valence-corrected chi connectivity index (χ0v) is 19.4. The minimum Gasteiger partial charge on any atom is -0.449 e. The van der Waals surface area contributed by atoms with Crippen molar-refractivity contribution in [1.82, 2.24) is 9.97 Å². The number of fused-ring (bicyclic) bond motifs is 2. The summed E-state index contributed by atoms with van der Waals surface area (Å²) in [7, 11) is 0. The standard InChI is InChI=1S/C26H21N3O4S/c1-3-20(23(30)29-26-27-15(2)14-34-26)33-25(31)18-11-7-9-16-8-6-10-17(22(16)18)24-28-19-12-4-5-13-21(19)32-24/h4-14,20H,3H2,1-2H3,(H,27,29,30). The lowest BCUT2D eigenvalue weighted by molar-refractivity contribution is -0.124. The van der Waals surface area contributed by atoms with Gasteiger partial charge in [0.2, 0.25) is 5.89 Å². The van der Waals surface area contributed by atoms with Crippen LogP contribution >= 0.6 is 11.3 Å². The number of oxazole rings is 1. The summed E-state index contributed by atoms with van der Waals surface area (Å²) >= 11 is 1.32. The lowest BCUT2D eigenvalue weighted by atomic mass is 9.99. The molecule has 0 radical (unpaired) electrons. The summed E-state index contributed by atoms with van der Waals surface area (Å²) in [5, 5.41) is 6.54. The number of benzene rings is 3. The molecule has 0 saturated carbocycles. The van der Waals surface area contributed by atoms with Crippen LogP contribution in [-0.4, -0.2) is 27.9 Å². The SMILES string of the molecule is CCC(OC(=O)c1cccc2cccc(-c3nc4ccccc4o3)c12)C(=O)Nc1nc(C)cs1. The molecule has 0 aliphatic rings. The fourth-order valence-corrected chi connectivity index (χ4v) is 4.48. The van der Waals surface area contributed by atoms with Gasteiger partial charge < -0.3 is 9.15 Å². The van der Waals surface area contributed by atoms with Crippen LogP contribution in [-0.2, 0) is 9.53 Å². The van der Waals surface area contributed by atoms with Crippen molar-refractivity contribution in [2.75, 3.05) is 5.32 Å². The van der Waals surface area contributed by atoms with Crippen molar-refractivity contribution in [3.8, 4) is 11.5 Å². The van der Waals surface area contributed by atoms with Crippen molar-refractivity contribution in [3.05, 3.63) is 77.3 Å². The molecule has 2 aromatic heterocycles. The molecule has 170 valence electrons. The second kappa shape index (κ2) is 9.07. The molecule has 1 N–H and O–H groups in total. The van der Waals surface area contributed by atoms with Gasteiger partial charge in [0.25, 0.3) is 5.91 Å². The number of ether oxygens (including phenoxy) is 1. The Kier molecular flexibility index (Phi) is 5.81. The average molecular weight is 472 g/mol. The molecule has 1 amide bonds. The fourth-order valence-electron chi connectivity index (χ4n) is 3.79. The number of esters is 1. The summed E-state index contributed by atoms with van der Waals surface area (Å²) < 4.78 is 11.6. The highest BCUT2D eigenvalue weighted by Gasteiger charge is 2.25. The van der Waals surface area contributed by atoms with Gasteiger partial charge in [0.15, 0.2) is 16.8 Å². The molecule has 1 unspecified atom stereocenters. The Balaban J connectivity index is 1.49. The van der Waals surface area contributed by atoms with Crippen LogP contribution in [0.5, 0.6) is 0 Å². The van der Waals surface area contributed by atoms with Gasteiger partial charge in [-0.25, -0.2) is 14.8 Å². The highest BCUT2D eigenvalue weighted by Crippen LogP contribution is 2.33. The molecule has 5 aromatic rings. The molecule has 3 aromatic carbocycles. The predicted octanol–water partition coefficient (Wildman–Crippen LogP) is 5.99. The third kappa shape index (κ3) is 4.15. The molecule has 0 bridgehead atoms. The second-order valence-electron chi connectivity index (χ2n) is 7.78. The van der Waals surface area contributed by atoms with Crippen LogP contribution in [0.4, 0.5) is 5.13 Å². The van der Waals surface area contributed by atoms with Gasteiger partial charge in [-0.2, -0.15) is 0 Å². The van der Waals surface area contributed by atoms with E-state index < -0.39 is 18.0 Å². The lowest BCUT2D eigenvalue weighted by Gasteiger charge is -2.16. The number of rotatable bonds is 6. The van der Waals surface area contributed by atoms with Crippen LogP contribution in [0.3, 0.4) is 0 Å². The largest absolute Gasteiger partial charge is 0.449 e. The first kappa shape index (κ1) is 21.8. The molecule has 2 heterocycles. The topological polar surface area (TPSA) is 94.3 Å². The van der Waals surface area contributed by atoms with Gasteiger partial charge in [-0.05, 0) is 43.0 Å². The van der Waals surface area contributed by atoms with E-state index in [0.717, 1.165) is 16.6 Å². The zero-order chi connectivity index (χ0) is 23.7. The highest BCUT2D eigenvalue weighted by molar-refractivity contribution is 7.13. The van der Waals surface area contributed by atoms with Gasteiger partial charge in [-0.3, -0.25) is 10.1 Å². The van der Waals surface area contributed by atoms with Gasteiger partial charge in [0, 0.05) is 16.3 Å². The first-order valence-electron chi connectivity index (χ1n) is 10.8. The van der Waals surface area contributed by atoms with E-state index in [-0.39, 0.29) is 0 Å². The number of thiazole rings is 1. The maximum atomic E-state index is 13.3. The summed E-state index contributed by atoms with van der Waals surface area (Å²) in [6, 6.07) is 18.5. The third-order valence-corrected chi connectivity index (χ3v) is 6.29. The molecule has 0 spiro atoms. The summed E-state index contributed by atoms with van der Waals surface area (Å²) in [6.07, 6.45) is -0.631. The Hall–Kier alpha value is -4.04. The van der Waals surface area contributed by atoms with E-state index in [2.05, 4.69) is 15.3 Å². The van der Waals surface area contributed by atoms with Crippen molar-refractivity contribution in [2.24, 2.45) is 0 Å². The van der Waals surface area contributed by atoms with Crippen molar-refractivity contribution in [2.45, 2.75) is 26.4 Å². The number of amides is 1. The van der Waals surface area contributed by atoms with E-state index in [1.165, 1.54) is 11.3 Å². The van der Waals surface area contributed by atoms with Crippen molar-refractivity contribution < 1.29 is 18.7 Å². The highest BCUT2D eigenvalue weighted by atomic mass is 32.1. The molecule has 5 rings (SSSR count). The van der Waals surface area contributed by atoms with Gasteiger partial charge >= 0.3 is 5.97 Å². The molecule has 7 nitrogen and oxygen atoms in total. The molecule has 0 fully saturated rings. The number of hydrogen-bond donors (Lipinski definition) is 1. The minimum absolute atomic E-state index is 0.324. The molecule has 1 atom stereocenters. The number of carbonyl (C=O) groups excluding carboxylic acids is 2. The number of para-hydroxylation sites is 2. The van der Waals surface area contributed by atoms with Gasteiger partial charge in [0.05, 0.1) is 11.3 Å². The number of aromatic nitrogens is 2. The van der Waals surface area contributed by atoms with E-state index >= 15 is 0 Å². The molecule has 8 heteroatoms. The number of nitrogens with one attached hydrogen (secondary N) is 1. The van der Waals surface area contributed by atoms with E-state index in [1.54, 1.807) is 19.1 Å². The lowest BCUT2D eigenvalue weighted by Crippen LogP contribution is -2.32. The summed E-state index contributed by atoms with van der Waals surface area (Å²) in [5.41, 5.74) is 3.22. The summed E-state index contributed by atoms with van der Waals surface area (Å²) in [5.74, 6) is -0.591. The fraction of sp³-hybridized carbons (Fsp3) is 0.154. The second-order valence-corrected chi connectivity index (χ2v) is 8.64. The first-order valence-corrected chi connectivity index (χ1v) is 11.7. The quantitative estimate of drug-likeness (QED) is 0.306. The molecule has 34 heavy (non-hydrogen) atoms. The van der Waals surface area contributed by atoms with Gasteiger partial charge in [-0.15, -0.1) is 11.3 Å². The van der Waals surface area contributed by atoms with Crippen LogP contribution in [0, 0.1) is 6.92 Å². The maximum Gasteiger partial charge on any atom is 0.339 e. The minimum atomic E-state index is -0.955. The van der Waals surface area contributed by atoms with E-state index in [4.69, 9.17) is 9.15 Å². The number of aryl methyl sites for hydroxylation is 1. The Morgan fingerprint density at radius 3 is 2.59 bits per heavy atom. The zero-order valence-electron chi connectivity index (χ0n) is 18.6. The Bertz CT molecular complexity index is 1480. The molecular formula is C26H21N3O4S. The number of carbonyl (C=O) groups is 2. The average Bonchev–Trinajstić information content (AvgIpc) is 3.47. The first-order chi connectivity index (χ1) is 16.5. The van der Waals surface area contributed by atoms with Crippen molar-refractivity contribution >= 4 is 50.2 Å². The van der Waals surface area contributed by atoms with Gasteiger partial charge in [0.1, 0.15) is 5.52 Å². The van der Waals surface area contributed by atoms with Crippen LogP contribution in [0.2, 0.25) is 0 Å². The molecule has 0 saturated heterocycles.